The third kappa shape index (κ3) is 2.59. The highest BCUT2D eigenvalue weighted by Gasteiger charge is 2.40. The average molecular weight is 376 g/mol. The summed E-state index contributed by atoms with van der Waals surface area (Å²) < 4.78 is 2.84. The van der Waals surface area contributed by atoms with E-state index < -0.39 is 0 Å². The van der Waals surface area contributed by atoms with Gasteiger partial charge in [-0.15, -0.1) is 0 Å². The highest BCUT2D eigenvalue weighted by atomic mass is 79.9. The second kappa shape index (κ2) is 5.62. The van der Waals surface area contributed by atoms with Crippen LogP contribution in [0.2, 0.25) is 0 Å². The minimum absolute atomic E-state index is 0.0198. The zero-order valence-electron chi connectivity index (χ0n) is 13.4. The molecule has 5 heteroatoms. The first-order valence-corrected chi connectivity index (χ1v) is 9.25. The summed E-state index contributed by atoms with van der Waals surface area (Å²) >= 11 is 3.55. The summed E-state index contributed by atoms with van der Waals surface area (Å²) in [4.78, 5) is 17.1. The number of amides is 1. The van der Waals surface area contributed by atoms with E-state index in [1.807, 2.05) is 23.9 Å². The molecule has 5 rings (SSSR count). The summed E-state index contributed by atoms with van der Waals surface area (Å²) in [6.45, 7) is 0.812. The van der Waals surface area contributed by atoms with E-state index in [1.165, 1.54) is 38.5 Å². The van der Waals surface area contributed by atoms with Gasteiger partial charge in [-0.1, -0.05) is 0 Å². The van der Waals surface area contributed by atoms with Gasteiger partial charge in [0.15, 0.2) is 0 Å². The molecule has 122 valence electrons. The molecule has 2 aromatic heterocycles. The Balaban J connectivity index is 1.56. The lowest BCUT2D eigenvalue weighted by molar-refractivity contribution is 0.0598. The zero-order valence-corrected chi connectivity index (χ0v) is 15.0. The number of pyridine rings is 1. The third-order valence-electron chi connectivity index (χ3n) is 5.92. The molecule has 2 bridgehead atoms. The Bertz CT molecular complexity index is 745. The Labute approximate surface area is 144 Å². The molecular formula is C18H22BrN3O. The smallest absolute Gasteiger partial charge is 0.253 e. The topological polar surface area (TPSA) is 46.9 Å². The van der Waals surface area contributed by atoms with Gasteiger partial charge in [0.25, 0.3) is 5.91 Å². The van der Waals surface area contributed by atoms with Crippen LogP contribution < -0.4 is 5.32 Å². The van der Waals surface area contributed by atoms with Crippen molar-refractivity contribution in [3.05, 3.63) is 28.5 Å². The van der Waals surface area contributed by atoms with Crippen molar-refractivity contribution in [1.29, 1.82) is 0 Å². The van der Waals surface area contributed by atoms with Crippen molar-refractivity contribution >= 4 is 32.9 Å². The van der Waals surface area contributed by atoms with Crippen LogP contribution in [0.3, 0.4) is 0 Å². The van der Waals surface area contributed by atoms with Crippen LogP contribution in [0.5, 0.6) is 0 Å². The lowest BCUT2D eigenvalue weighted by Crippen LogP contribution is -2.43. The van der Waals surface area contributed by atoms with E-state index in [1.54, 1.807) is 6.20 Å². The van der Waals surface area contributed by atoms with Crippen molar-refractivity contribution in [1.82, 2.24) is 14.9 Å². The number of nitrogens with one attached hydrogen (secondary N) is 1. The summed E-state index contributed by atoms with van der Waals surface area (Å²) in [7, 11) is 1.93. The average Bonchev–Trinajstić information content (AvgIpc) is 2.93. The largest absolute Gasteiger partial charge is 0.351 e. The standard InChI is InChI=1S/C18H22BrN3O/c1-22-10-13(15-14(19)5-9-20-16(15)22)17(23)21-11-18-6-2-12(3-7-18)4-8-18/h5,9-10,12H,2-4,6-8,11H2,1H3,(H,21,23). The lowest BCUT2D eigenvalue weighted by atomic mass is 9.61. The number of fused-ring (bicyclic) bond motifs is 4. The van der Waals surface area contributed by atoms with Crippen molar-refractivity contribution in [2.45, 2.75) is 38.5 Å². The maximum atomic E-state index is 12.8. The molecule has 3 aliphatic carbocycles. The number of carbonyl (C=O) groups is 1. The number of halogens is 1. The SMILES string of the molecule is Cn1cc(C(=O)NCC23CCC(CC2)CC3)c2c(Br)ccnc21. The quantitative estimate of drug-likeness (QED) is 0.879. The summed E-state index contributed by atoms with van der Waals surface area (Å²) in [5.74, 6) is 0.971. The molecule has 0 unspecified atom stereocenters. The highest BCUT2D eigenvalue weighted by molar-refractivity contribution is 9.10. The molecule has 0 aromatic carbocycles. The summed E-state index contributed by atoms with van der Waals surface area (Å²) in [6.07, 6.45) is 11.5. The second-order valence-corrected chi connectivity index (χ2v) is 8.16. The molecule has 0 spiro atoms. The van der Waals surface area contributed by atoms with Crippen LogP contribution in [0.15, 0.2) is 22.9 Å². The summed E-state index contributed by atoms with van der Waals surface area (Å²) in [5.41, 5.74) is 1.90. The molecule has 23 heavy (non-hydrogen) atoms. The van der Waals surface area contributed by atoms with E-state index in [9.17, 15) is 4.79 Å². The first-order chi connectivity index (χ1) is 11.1. The normalized spacial score (nSPS) is 26.6. The van der Waals surface area contributed by atoms with Gasteiger partial charge in [-0.2, -0.15) is 0 Å². The predicted octanol–water partition coefficient (Wildman–Crippen LogP) is 4.04. The fourth-order valence-corrected chi connectivity index (χ4v) is 4.91. The molecule has 2 aromatic rings. The van der Waals surface area contributed by atoms with Gasteiger partial charge >= 0.3 is 0 Å². The lowest BCUT2D eigenvalue weighted by Gasteiger charge is -2.46. The number of rotatable bonds is 3. The minimum atomic E-state index is 0.0198. The first-order valence-electron chi connectivity index (χ1n) is 8.46. The van der Waals surface area contributed by atoms with Crippen molar-refractivity contribution in [3.8, 4) is 0 Å². The van der Waals surface area contributed by atoms with E-state index in [0.29, 0.717) is 11.0 Å². The molecule has 1 amide bonds. The highest BCUT2D eigenvalue weighted by Crippen LogP contribution is 2.49. The molecule has 3 saturated carbocycles. The molecule has 0 radical (unpaired) electrons. The summed E-state index contributed by atoms with van der Waals surface area (Å²) in [6, 6.07) is 1.89. The first kappa shape index (κ1) is 15.2. The number of nitrogens with zero attached hydrogens (tertiary/aromatic N) is 2. The zero-order chi connectivity index (χ0) is 16.0. The second-order valence-electron chi connectivity index (χ2n) is 7.31. The summed E-state index contributed by atoms with van der Waals surface area (Å²) in [5, 5.41) is 4.12. The number of hydrogen-bond donors (Lipinski definition) is 1. The van der Waals surface area contributed by atoms with Gasteiger partial charge in [-0.05, 0) is 71.9 Å². The van der Waals surface area contributed by atoms with Crippen LogP contribution in [-0.4, -0.2) is 22.0 Å². The molecule has 1 N–H and O–H groups in total. The van der Waals surface area contributed by atoms with Gasteiger partial charge in [0.1, 0.15) is 5.65 Å². The Hall–Kier alpha value is -1.36. The number of hydrogen-bond acceptors (Lipinski definition) is 2. The van der Waals surface area contributed by atoms with Crippen molar-refractivity contribution in [2.75, 3.05) is 6.54 Å². The molecule has 4 nitrogen and oxygen atoms in total. The van der Waals surface area contributed by atoms with Gasteiger partial charge in [-0.3, -0.25) is 4.79 Å². The van der Waals surface area contributed by atoms with E-state index >= 15 is 0 Å². The van der Waals surface area contributed by atoms with Crippen LogP contribution in [0.25, 0.3) is 11.0 Å². The van der Waals surface area contributed by atoms with Crippen LogP contribution >= 0.6 is 15.9 Å². The number of carbonyl (C=O) groups excluding carboxylic acids is 1. The molecule has 0 atom stereocenters. The van der Waals surface area contributed by atoms with Crippen LogP contribution in [-0.2, 0) is 7.05 Å². The van der Waals surface area contributed by atoms with E-state index in [0.717, 1.165) is 28.0 Å². The minimum Gasteiger partial charge on any atom is -0.351 e. The molecule has 0 aliphatic heterocycles. The van der Waals surface area contributed by atoms with E-state index in [4.69, 9.17) is 0 Å². The van der Waals surface area contributed by atoms with Gasteiger partial charge < -0.3 is 9.88 Å². The van der Waals surface area contributed by atoms with Crippen LogP contribution in [0.1, 0.15) is 48.9 Å². The van der Waals surface area contributed by atoms with Gasteiger partial charge in [0.05, 0.1) is 5.56 Å². The van der Waals surface area contributed by atoms with Crippen molar-refractivity contribution < 1.29 is 4.79 Å². The van der Waals surface area contributed by atoms with Crippen molar-refractivity contribution in [3.63, 3.8) is 0 Å². The van der Waals surface area contributed by atoms with Crippen molar-refractivity contribution in [2.24, 2.45) is 18.4 Å². The number of aromatic nitrogens is 2. The Morgan fingerprint density at radius 1 is 1.39 bits per heavy atom. The molecular weight excluding hydrogens is 354 g/mol. The van der Waals surface area contributed by atoms with E-state index in [2.05, 4.69) is 26.2 Å². The fourth-order valence-electron chi connectivity index (χ4n) is 4.40. The van der Waals surface area contributed by atoms with Crippen LogP contribution in [0.4, 0.5) is 0 Å². The maximum Gasteiger partial charge on any atom is 0.253 e. The van der Waals surface area contributed by atoms with Gasteiger partial charge in [-0.25, -0.2) is 4.98 Å². The Morgan fingerprint density at radius 2 is 2.09 bits per heavy atom. The predicted molar refractivity (Wildman–Crippen MR) is 94.4 cm³/mol. The Kier molecular flexibility index (Phi) is 3.71. The third-order valence-corrected chi connectivity index (χ3v) is 6.58. The molecule has 3 fully saturated rings. The monoisotopic (exact) mass is 375 g/mol. The molecule has 0 saturated heterocycles. The van der Waals surface area contributed by atoms with E-state index in [-0.39, 0.29) is 5.91 Å². The number of aryl methyl sites for hydroxylation is 1. The fraction of sp³-hybridized carbons (Fsp3) is 0.556. The molecule has 2 heterocycles. The van der Waals surface area contributed by atoms with Gasteiger partial charge in [0.2, 0.25) is 0 Å². The van der Waals surface area contributed by atoms with Gasteiger partial charge in [0, 0.05) is 35.8 Å². The van der Waals surface area contributed by atoms with Crippen LogP contribution in [0, 0.1) is 11.3 Å². The molecule has 3 aliphatic rings. The maximum absolute atomic E-state index is 12.8. The Morgan fingerprint density at radius 3 is 2.78 bits per heavy atom.